The fourth-order valence-corrected chi connectivity index (χ4v) is 0.547. The zero-order valence-corrected chi connectivity index (χ0v) is 6.28. The first-order chi connectivity index (χ1) is 4.84. The smallest absolute Gasteiger partial charge is 0.384 e. The SMILES string of the molecule is C=C(C)CC[C@@H](O)C(F)(F)F. The summed E-state index contributed by atoms with van der Waals surface area (Å²) < 4.78 is 34.9. The minimum atomic E-state index is -4.49. The van der Waals surface area contributed by atoms with Gasteiger partial charge in [0.05, 0.1) is 0 Å². The van der Waals surface area contributed by atoms with E-state index in [1.807, 2.05) is 0 Å². The van der Waals surface area contributed by atoms with Crippen LogP contribution in [0.3, 0.4) is 0 Å². The summed E-state index contributed by atoms with van der Waals surface area (Å²) >= 11 is 0. The minimum Gasteiger partial charge on any atom is -0.384 e. The third-order valence-corrected chi connectivity index (χ3v) is 1.22. The molecule has 0 saturated carbocycles. The lowest BCUT2D eigenvalue weighted by atomic mass is 10.1. The second-order valence-electron chi connectivity index (χ2n) is 2.55. The normalized spacial score (nSPS) is 14.6. The van der Waals surface area contributed by atoms with Crippen molar-refractivity contribution < 1.29 is 18.3 Å². The molecular weight excluding hydrogens is 157 g/mol. The predicted octanol–water partition coefficient (Wildman–Crippen LogP) is 2.27. The Bertz CT molecular complexity index is 139. The molecule has 0 aromatic heterocycles. The number of hydrogen-bond acceptors (Lipinski definition) is 1. The first-order valence-corrected chi connectivity index (χ1v) is 3.23. The molecule has 0 aliphatic carbocycles. The lowest BCUT2D eigenvalue weighted by Crippen LogP contribution is -2.28. The Morgan fingerprint density at radius 2 is 2.00 bits per heavy atom. The predicted molar refractivity (Wildman–Crippen MR) is 36.1 cm³/mol. The summed E-state index contributed by atoms with van der Waals surface area (Å²) in [7, 11) is 0. The summed E-state index contributed by atoms with van der Waals surface area (Å²) in [5.74, 6) is 0. The van der Waals surface area contributed by atoms with Gasteiger partial charge in [-0.1, -0.05) is 5.57 Å². The van der Waals surface area contributed by atoms with Gasteiger partial charge in [0.15, 0.2) is 0 Å². The van der Waals surface area contributed by atoms with Crippen molar-refractivity contribution in [3.63, 3.8) is 0 Å². The average molecular weight is 168 g/mol. The molecule has 0 saturated heterocycles. The fourth-order valence-electron chi connectivity index (χ4n) is 0.547. The maximum absolute atomic E-state index is 11.6. The standard InChI is InChI=1S/C7H11F3O/c1-5(2)3-4-6(11)7(8,9)10/h6,11H,1,3-4H2,2H3/t6-/m1/s1. The molecular formula is C7H11F3O. The van der Waals surface area contributed by atoms with Gasteiger partial charge in [0.25, 0.3) is 0 Å². The number of allylic oxidation sites excluding steroid dienone is 1. The van der Waals surface area contributed by atoms with Crippen molar-refractivity contribution >= 4 is 0 Å². The highest BCUT2D eigenvalue weighted by atomic mass is 19.4. The number of aliphatic hydroxyl groups is 1. The van der Waals surface area contributed by atoms with Crippen molar-refractivity contribution in [1.29, 1.82) is 0 Å². The van der Waals surface area contributed by atoms with Gasteiger partial charge in [0, 0.05) is 0 Å². The molecule has 0 aliphatic rings. The molecule has 1 nitrogen and oxygen atoms in total. The van der Waals surface area contributed by atoms with E-state index in [4.69, 9.17) is 5.11 Å². The second-order valence-corrected chi connectivity index (χ2v) is 2.55. The maximum Gasteiger partial charge on any atom is 0.414 e. The molecule has 66 valence electrons. The van der Waals surface area contributed by atoms with E-state index in [0.29, 0.717) is 5.57 Å². The Morgan fingerprint density at radius 1 is 1.55 bits per heavy atom. The van der Waals surface area contributed by atoms with E-state index in [1.165, 1.54) is 0 Å². The van der Waals surface area contributed by atoms with Gasteiger partial charge in [-0.15, -0.1) is 6.58 Å². The second kappa shape index (κ2) is 3.76. The zero-order valence-electron chi connectivity index (χ0n) is 6.28. The van der Waals surface area contributed by atoms with Gasteiger partial charge in [-0.3, -0.25) is 0 Å². The van der Waals surface area contributed by atoms with E-state index >= 15 is 0 Å². The fraction of sp³-hybridized carbons (Fsp3) is 0.714. The van der Waals surface area contributed by atoms with Gasteiger partial charge in [0.2, 0.25) is 0 Å². The molecule has 4 heteroatoms. The molecule has 0 amide bonds. The molecule has 0 unspecified atom stereocenters. The van der Waals surface area contributed by atoms with E-state index in [1.54, 1.807) is 6.92 Å². The Balaban J connectivity index is 3.70. The highest BCUT2D eigenvalue weighted by Crippen LogP contribution is 2.23. The summed E-state index contributed by atoms with van der Waals surface area (Å²) in [6, 6.07) is 0. The third-order valence-electron chi connectivity index (χ3n) is 1.22. The highest BCUT2D eigenvalue weighted by molar-refractivity contribution is 4.88. The van der Waals surface area contributed by atoms with Crippen LogP contribution in [0, 0.1) is 0 Å². The molecule has 0 bridgehead atoms. The zero-order chi connectivity index (χ0) is 9.07. The van der Waals surface area contributed by atoms with Gasteiger partial charge >= 0.3 is 6.18 Å². The van der Waals surface area contributed by atoms with E-state index in [2.05, 4.69) is 6.58 Å². The molecule has 11 heavy (non-hydrogen) atoms. The third kappa shape index (κ3) is 4.84. The Morgan fingerprint density at radius 3 is 2.27 bits per heavy atom. The number of alkyl halides is 3. The van der Waals surface area contributed by atoms with Crippen molar-refractivity contribution in [3.8, 4) is 0 Å². The van der Waals surface area contributed by atoms with Crippen LogP contribution in [0.15, 0.2) is 12.2 Å². The van der Waals surface area contributed by atoms with Crippen LogP contribution in [0.4, 0.5) is 13.2 Å². The first-order valence-electron chi connectivity index (χ1n) is 3.23. The lowest BCUT2D eigenvalue weighted by Gasteiger charge is -2.13. The number of hydrogen-bond donors (Lipinski definition) is 1. The number of halogens is 3. The topological polar surface area (TPSA) is 20.2 Å². The van der Waals surface area contributed by atoms with Crippen LogP contribution in [-0.2, 0) is 0 Å². The van der Waals surface area contributed by atoms with Crippen LogP contribution in [0.2, 0.25) is 0 Å². The van der Waals surface area contributed by atoms with Crippen molar-refractivity contribution in [2.24, 2.45) is 0 Å². The minimum absolute atomic E-state index is 0.209. The van der Waals surface area contributed by atoms with Gasteiger partial charge < -0.3 is 5.11 Å². The van der Waals surface area contributed by atoms with Crippen molar-refractivity contribution in [3.05, 3.63) is 12.2 Å². The molecule has 0 aromatic carbocycles. The van der Waals surface area contributed by atoms with E-state index in [9.17, 15) is 13.2 Å². The van der Waals surface area contributed by atoms with E-state index in [-0.39, 0.29) is 12.8 Å². The van der Waals surface area contributed by atoms with Crippen molar-refractivity contribution in [2.45, 2.75) is 32.0 Å². The summed E-state index contributed by atoms with van der Waals surface area (Å²) in [5, 5.41) is 8.47. The summed E-state index contributed by atoms with van der Waals surface area (Å²) in [5.41, 5.74) is 0.647. The molecule has 0 fully saturated rings. The van der Waals surface area contributed by atoms with Gasteiger partial charge in [0.1, 0.15) is 6.10 Å². The Kier molecular flexibility index (Phi) is 3.58. The molecule has 0 heterocycles. The Hall–Kier alpha value is -0.510. The van der Waals surface area contributed by atoms with Crippen LogP contribution in [-0.4, -0.2) is 17.4 Å². The maximum atomic E-state index is 11.6. The van der Waals surface area contributed by atoms with Crippen molar-refractivity contribution in [2.75, 3.05) is 0 Å². The molecule has 1 atom stereocenters. The van der Waals surface area contributed by atoms with Crippen molar-refractivity contribution in [1.82, 2.24) is 0 Å². The number of rotatable bonds is 3. The van der Waals surface area contributed by atoms with Crippen LogP contribution in [0.25, 0.3) is 0 Å². The first kappa shape index (κ1) is 10.5. The average Bonchev–Trinajstić information content (AvgIpc) is 1.80. The summed E-state index contributed by atoms with van der Waals surface area (Å²) in [4.78, 5) is 0. The molecule has 0 rings (SSSR count). The van der Waals surface area contributed by atoms with Crippen LogP contribution in [0.5, 0.6) is 0 Å². The quantitative estimate of drug-likeness (QED) is 0.641. The van der Waals surface area contributed by atoms with Gasteiger partial charge in [-0.2, -0.15) is 13.2 Å². The molecule has 0 aromatic rings. The number of aliphatic hydroxyl groups excluding tert-OH is 1. The highest BCUT2D eigenvalue weighted by Gasteiger charge is 2.37. The molecule has 1 N–H and O–H groups in total. The summed E-state index contributed by atoms with van der Waals surface area (Å²) in [6.07, 6.45) is -6.78. The van der Waals surface area contributed by atoms with Crippen LogP contribution < -0.4 is 0 Å². The van der Waals surface area contributed by atoms with Gasteiger partial charge in [-0.05, 0) is 19.8 Å². The van der Waals surface area contributed by atoms with Gasteiger partial charge in [-0.25, -0.2) is 0 Å². The lowest BCUT2D eigenvalue weighted by molar-refractivity contribution is -0.205. The summed E-state index contributed by atoms with van der Waals surface area (Å²) in [6.45, 7) is 5.06. The monoisotopic (exact) mass is 168 g/mol. The molecule has 0 aliphatic heterocycles. The largest absolute Gasteiger partial charge is 0.414 e. The molecule has 0 radical (unpaired) electrons. The van der Waals surface area contributed by atoms with E-state index < -0.39 is 12.3 Å². The van der Waals surface area contributed by atoms with Crippen LogP contribution in [0.1, 0.15) is 19.8 Å². The van der Waals surface area contributed by atoms with Crippen LogP contribution >= 0.6 is 0 Å². The Labute approximate surface area is 63.5 Å². The molecule has 0 spiro atoms. The van der Waals surface area contributed by atoms with E-state index in [0.717, 1.165) is 0 Å².